The van der Waals surface area contributed by atoms with Gasteiger partial charge < -0.3 is 10.1 Å². The lowest BCUT2D eigenvalue weighted by atomic mass is 10.3. The highest BCUT2D eigenvalue weighted by molar-refractivity contribution is 5.91. The fourth-order valence-corrected chi connectivity index (χ4v) is 1.66. The highest BCUT2D eigenvalue weighted by atomic mass is 16.6. The number of para-hydroxylation sites is 1. The third kappa shape index (κ3) is 4.65. The SMILES string of the molecule is CCC(=O)Nc1cccc(OC(=O)Nc2ccccc2)c1. The van der Waals surface area contributed by atoms with E-state index in [9.17, 15) is 9.59 Å². The molecular weight excluding hydrogens is 268 g/mol. The van der Waals surface area contributed by atoms with E-state index in [0.717, 1.165) is 0 Å². The molecule has 2 rings (SSSR count). The Morgan fingerprint density at radius 3 is 2.38 bits per heavy atom. The van der Waals surface area contributed by atoms with E-state index in [1.54, 1.807) is 43.3 Å². The van der Waals surface area contributed by atoms with Gasteiger partial charge in [-0.1, -0.05) is 31.2 Å². The number of ether oxygens (including phenoxy) is 1. The minimum atomic E-state index is -0.583. The molecule has 2 amide bonds. The number of carbonyl (C=O) groups excluding carboxylic acids is 2. The first kappa shape index (κ1) is 14.6. The summed E-state index contributed by atoms with van der Waals surface area (Å²) in [7, 11) is 0. The van der Waals surface area contributed by atoms with Crippen molar-refractivity contribution in [3.05, 3.63) is 54.6 Å². The van der Waals surface area contributed by atoms with E-state index in [0.29, 0.717) is 23.5 Å². The van der Waals surface area contributed by atoms with Crippen LogP contribution in [0.4, 0.5) is 16.2 Å². The van der Waals surface area contributed by atoms with Crippen LogP contribution in [0.3, 0.4) is 0 Å². The summed E-state index contributed by atoms with van der Waals surface area (Å²) in [6, 6.07) is 15.7. The van der Waals surface area contributed by atoms with Crippen LogP contribution in [0.25, 0.3) is 0 Å². The molecule has 0 heterocycles. The van der Waals surface area contributed by atoms with Crippen molar-refractivity contribution in [2.45, 2.75) is 13.3 Å². The van der Waals surface area contributed by atoms with E-state index >= 15 is 0 Å². The molecule has 5 heteroatoms. The van der Waals surface area contributed by atoms with Gasteiger partial charge in [-0.15, -0.1) is 0 Å². The Morgan fingerprint density at radius 2 is 1.67 bits per heavy atom. The van der Waals surface area contributed by atoms with Gasteiger partial charge in [-0.05, 0) is 24.3 Å². The summed E-state index contributed by atoms with van der Waals surface area (Å²) < 4.78 is 5.17. The number of carbonyl (C=O) groups is 2. The minimum Gasteiger partial charge on any atom is -0.410 e. The third-order valence-corrected chi connectivity index (χ3v) is 2.67. The largest absolute Gasteiger partial charge is 0.417 e. The van der Waals surface area contributed by atoms with Crippen LogP contribution in [0.1, 0.15) is 13.3 Å². The number of rotatable bonds is 4. The lowest BCUT2D eigenvalue weighted by Gasteiger charge is -2.08. The lowest BCUT2D eigenvalue weighted by molar-refractivity contribution is -0.115. The molecule has 0 atom stereocenters. The van der Waals surface area contributed by atoms with Gasteiger partial charge in [-0.2, -0.15) is 0 Å². The Hall–Kier alpha value is -2.82. The van der Waals surface area contributed by atoms with Crippen LogP contribution in [0.15, 0.2) is 54.6 Å². The maximum atomic E-state index is 11.8. The monoisotopic (exact) mass is 284 g/mol. The van der Waals surface area contributed by atoms with Gasteiger partial charge in [0.1, 0.15) is 5.75 Å². The molecule has 0 aliphatic rings. The van der Waals surface area contributed by atoms with Gasteiger partial charge in [0, 0.05) is 23.9 Å². The molecule has 0 bridgehead atoms. The van der Waals surface area contributed by atoms with E-state index in [-0.39, 0.29) is 5.91 Å². The zero-order valence-corrected chi connectivity index (χ0v) is 11.6. The van der Waals surface area contributed by atoms with Crippen molar-refractivity contribution in [2.24, 2.45) is 0 Å². The summed E-state index contributed by atoms with van der Waals surface area (Å²) in [5.41, 5.74) is 1.24. The average Bonchev–Trinajstić information content (AvgIpc) is 2.48. The van der Waals surface area contributed by atoms with Gasteiger partial charge in [0.25, 0.3) is 0 Å². The molecule has 0 aliphatic heterocycles. The van der Waals surface area contributed by atoms with E-state index in [2.05, 4.69) is 10.6 Å². The second-order valence-corrected chi connectivity index (χ2v) is 4.31. The van der Waals surface area contributed by atoms with Gasteiger partial charge in [0.05, 0.1) is 0 Å². The maximum absolute atomic E-state index is 11.8. The Balaban J connectivity index is 1.97. The molecule has 0 fully saturated rings. The molecule has 2 aromatic carbocycles. The van der Waals surface area contributed by atoms with Gasteiger partial charge in [0.15, 0.2) is 0 Å². The zero-order chi connectivity index (χ0) is 15.1. The minimum absolute atomic E-state index is 0.0964. The number of benzene rings is 2. The van der Waals surface area contributed by atoms with Crippen LogP contribution in [0.5, 0.6) is 5.75 Å². The fourth-order valence-electron chi connectivity index (χ4n) is 1.66. The second-order valence-electron chi connectivity index (χ2n) is 4.31. The van der Waals surface area contributed by atoms with E-state index in [4.69, 9.17) is 4.74 Å². The molecule has 0 unspecified atom stereocenters. The summed E-state index contributed by atoms with van der Waals surface area (Å²) in [4.78, 5) is 23.1. The Labute approximate surface area is 122 Å². The first-order valence-corrected chi connectivity index (χ1v) is 6.61. The predicted molar refractivity (Wildman–Crippen MR) is 81.5 cm³/mol. The fraction of sp³-hybridized carbons (Fsp3) is 0.125. The average molecular weight is 284 g/mol. The van der Waals surface area contributed by atoms with Gasteiger partial charge in [-0.25, -0.2) is 4.79 Å². The Bertz CT molecular complexity index is 626. The van der Waals surface area contributed by atoms with Crippen LogP contribution in [-0.4, -0.2) is 12.0 Å². The summed E-state index contributed by atoms with van der Waals surface area (Å²) in [6.07, 6.45) is -0.195. The highest BCUT2D eigenvalue weighted by Crippen LogP contribution is 2.18. The molecule has 0 aromatic heterocycles. The second kappa shape index (κ2) is 7.09. The third-order valence-electron chi connectivity index (χ3n) is 2.67. The number of anilines is 2. The maximum Gasteiger partial charge on any atom is 0.417 e. The van der Waals surface area contributed by atoms with Crippen molar-refractivity contribution in [1.82, 2.24) is 0 Å². The van der Waals surface area contributed by atoms with Crippen molar-refractivity contribution in [1.29, 1.82) is 0 Å². The van der Waals surface area contributed by atoms with Crippen LogP contribution in [-0.2, 0) is 4.79 Å². The molecule has 21 heavy (non-hydrogen) atoms. The van der Waals surface area contributed by atoms with Crippen molar-refractivity contribution in [3.63, 3.8) is 0 Å². The van der Waals surface area contributed by atoms with Crippen LogP contribution < -0.4 is 15.4 Å². The summed E-state index contributed by atoms with van der Waals surface area (Å²) >= 11 is 0. The first-order chi connectivity index (χ1) is 10.2. The van der Waals surface area contributed by atoms with Crippen molar-refractivity contribution in [2.75, 3.05) is 10.6 Å². The molecule has 5 nitrogen and oxygen atoms in total. The lowest BCUT2D eigenvalue weighted by Crippen LogP contribution is -2.16. The van der Waals surface area contributed by atoms with Gasteiger partial charge in [0.2, 0.25) is 5.91 Å². The normalized spacial score (nSPS) is 9.76. The Morgan fingerprint density at radius 1 is 0.952 bits per heavy atom. The van der Waals surface area contributed by atoms with Crippen LogP contribution in [0.2, 0.25) is 0 Å². The van der Waals surface area contributed by atoms with Crippen LogP contribution in [0, 0.1) is 0 Å². The predicted octanol–water partition coefficient (Wildman–Crippen LogP) is 3.65. The molecule has 0 aliphatic carbocycles. The topological polar surface area (TPSA) is 67.4 Å². The molecule has 0 radical (unpaired) electrons. The van der Waals surface area contributed by atoms with E-state index in [1.165, 1.54) is 0 Å². The summed E-state index contributed by atoms with van der Waals surface area (Å²) in [5.74, 6) is 0.262. The number of nitrogens with one attached hydrogen (secondary N) is 2. The van der Waals surface area contributed by atoms with Gasteiger partial charge in [-0.3, -0.25) is 10.1 Å². The molecular formula is C16H16N2O3. The molecule has 2 aromatic rings. The quantitative estimate of drug-likeness (QED) is 0.900. The number of hydrogen-bond donors (Lipinski definition) is 2. The molecule has 108 valence electrons. The number of hydrogen-bond acceptors (Lipinski definition) is 3. The number of amides is 2. The Kier molecular flexibility index (Phi) is 4.93. The molecule has 0 spiro atoms. The highest BCUT2D eigenvalue weighted by Gasteiger charge is 2.06. The van der Waals surface area contributed by atoms with Crippen molar-refractivity contribution >= 4 is 23.4 Å². The first-order valence-electron chi connectivity index (χ1n) is 6.61. The summed E-state index contributed by atoms with van der Waals surface area (Å²) in [5, 5.41) is 5.32. The zero-order valence-electron chi connectivity index (χ0n) is 11.6. The van der Waals surface area contributed by atoms with E-state index in [1.807, 2.05) is 18.2 Å². The molecule has 0 saturated carbocycles. The summed E-state index contributed by atoms with van der Waals surface area (Å²) in [6.45, 7) is 1.77. The van der Waals surface area contributed by atoms with Crippen LogP contribution >= 0.6 is 0 Å². The van der Waals surface area contributed by atoms with Gasteiger partial charge >= 0.3 is 6.09 Å². The molecule has 2 N–H and O–H groups in total. The molecule has 0 saturated heterocycles. The van der Waals surface area contributed by atoms with Crippen molar-refractivity contribution < 1.29 is 14.3 Å². The van der Waals surface area contributed by atoms with E-state index < -0.39 is 6.09 Å². The standard InChI is InChI=1S/C16H16N2O3/c1-2-15(19)17-13-9-6-10-14(11-13)21-16(20)18-12-7-4-3-5-8-12/h3-11H,2H2,1H3,(H,17,19)(H,18,20). The van der Waals surface area contributed by atoms with Crippen molar-refractivity contribution in [3.8, 4) is 5.75 Å². The smallest absolute Gasteiger partial charge is 0.410 e.